The third kappa shape index (κ3) is 6.37. The molecule has 3 aromatic heterocycles. The predicted octanol–water partition coefficient (Wildman–Crippen LogP) is 6.95. The molecule has 11 nitrogen and oxygen atoms in total. The molecule has 2 aliphatic heterocycles. The van der Waals surface area contributed by atoms with Crippen LogP contribution < -0.4 is 5.32 Å². The molecule has 11 heteroatoms. The van der Waals surface area contributed by atoms with Crippen LogP contribution in [-0.4, -0.2) is 72.7 Å². The average molecular weight is 694 g/mol. The summed E-state index contributed by atoms with van der Waals surface area (Å²) in [6.45, 7) is 7.58. The highest BCUT2D eigenvalue weighted by Crippen LogP contribution is 2.38. The first kappa shape index (κ1) is 33.5. The monoisotopic (exact) mass is 693 g/mol. The first-order valence-electron chi connectivity index (χ1n) is 17.7. The molecule has 52 heavy (non-hydrogen) atoms. The number of rotatable bonds is 9. The van der Waals surface area contributed by atoms with E-state index in [1.165, 1.54) is 0 Å². The first-order chi connectivity index (χ1) is 25.2. The summed E-state index contributed by atoms with van der Waals surface area (Å²) in [5.41, 5.74) is 9.92. The van der Waals surface area contributed by atoms with Gasteiger partial charge in [0.2, 0.25) is 5.89 Å². The molecule has 8 rings (SSSR count). The Labute approximate surface area is 301 Å². The molecule has 2 saturated heterocycles. The van der Waals surface area contributed by atoms with Crippen molar-refractivity contribution < 1.29 is 19.4 Å². The number of aromatic nitrogens is 3. The summed E-state index contributed by atoms with van der Waals surface area (Å²) in [5, 5.41) is 34.1. The van der Waals surface area contributed by atoms with Crippen LogP contribution in [0.4, 0.5) is 11.5 Å². The standard InChI is InChI=1S/C41H39N7O4/c1-24-31(6-3-8-33(24)40-46-35-18-26(16-29(19-42)38(35)52-40)22-48-14-5-10-36(48)41(50)51)32-7-4-9-34(25(32)2)45-39-37-28(11-13-43-39)17-27(20-44-37)21-47-15-12-30(49)23-47/h3-4,6-9,11,13,16-18,20,30,36,49H,5,10,12,14-15,21-23H2,1-2H3,(H,43,45)(H,50,51). The SMILES string of the molecule is Cc1c(Nc2nccc3cc(CN4CCC(O)C4)cnc23)cccc1-c1cccc(-c2nc3cc(CN4CCCC4C(=O)O)cc(C#N)c3o2)c1C. The number of nitriles is 1. The van der Waals surface area contributed by atoms with Gasteiger partial charge in [0, 0.05) is 55.2 Å². The van der Waals surface area contributed by atoms with Crippen molar-refractivity contribution in [1.82, 2.24) is 24.8 Å². The number of oxazole rings is 1. The fourth-order valence-corrected chi connectivity index (χ4v) is 7.76. The van der Waals surface area contributed by atoms with E-state index in [4.69, 9.17) is 14.4 Å². The molecule has 2 unspecified atom stereocenters. The Hall–Kier alpha value is -5.67. The minimum absolute atomic E-state index is 0.255. The van der Waals surface area contributed by atoms with Crippen molar-refractivity contribution in [2.45, 2.75) is 58.3 Å². The molecule has 0 amide bonds. The first-order valence-corrected chi connectivity index (χ1v) is 17.7. The van der Waals surface area contributed by atoms with Crippen molar-refractivity contribution in [2.75, 3.05) is 25.0 Å². The van der Waals surface area contributed by atoms with Gasteiger partial charge in [0.05, 0.1) is 11.7 Å². The Bertz CT molecular complexity index is 2380. The number of carboxylic acids is 1. The number of β-amino-alcohol motifs (C(OH)–C–C–N with tert-alkyl or cyclic N) is 1. The number of likely N-dealkylation sites (tertiary alicyclic amines) is 2. The number of fused-ring (bicyclic) bond motifs is 2. The average Bonchev–Trinajstić information content (AvgIpc) is 3.89. The van der Waals surface area contributed by atoms with Crippen LogP contribution in [0.2, 0.25) is 0 Å². The number of nitrogens with one attached hydrogen (secondary N) is 1. The number of carbonyl (C=O) groups is 1. The molecule has 0 saturated carbocycles. The minimum Gasteiger partial charge on any atom is -0.480 e. The summed E-state index contributed by atoms with van der Waals surface area (Å²) in [6.07, 6.45) is 5.69. The van der Waals surface area contributed by atoms with Gasteiger partial charge in [0.15, 0.2) is 11.4 Å². The lowest BCUT2D eigenvalue weighted by molar-refractivity contribution is -0.142. The minimum atomic E-state index is -0.818. The molecule has 2 aliphatic rings. The number of anilines is 2. The Morgan fingerprint density at radius 1 is 0.981 bits per heavy atom. The van der Waals surface area contributed by atoms with Gasteiger partial charge in [-0.3, -0.25) is 19.6 Å². The maximum Gasteiger partial charge on any atom is 0.320 e. The fraction of sp³-hybridized carbons (Fsp3) is 0.293. The Morgan fingerprint density at radius 3 is 2.58 bits per heavy atom. The molecule has 6 aromatic rings. The van der Waals surface area contributed by atoms with Gasteiger partial charge in [-0.15, -0.1) is 0 Å². The number of carboxylic acid groups (broad SMARTS) is 1. The van der Waals surface area contributed by atoms with Crippen LogP contribution in [0.1, 0.15) is 47.1 Å². The lowest BCUT2D eigenvalue weighted by Crippen LogP contribution is -2.35. The van der Waals surface area contributed by atoms with E-state index in [2.05, 4.69) is 46.4 Å². The molecule has 3 N–H and O–H groups in total. The van der Waals surface area contributed by atoms with E-state index in [-0.39, 0.29) is 6.10 Å². The van der Waals surface area contributed by atoms with Crippen molar-refractivity contribution >= 4 is 39.5 Å². The highest BCUT2D eigenvalue weighted by Gasteiger charge is 2.31. The topological polar surface area (TPSA) is 152 Å². The molecule has 262 valence electrons. The van der Waals surface area contributed by atoms with Crippen molar-refractivity contribution in [3.63, 3.8) is 0 Å². The molecule has 2 atom stereocenters. The second kappa shape index (κ2) is 13.8. The van der Waals surface area contributed by atoms with Gasteiger partial charge in [-0.2, -0.15) is 5.26 Å². The van der Waals surface area contributed by atoms with Crippen LogP contribution in [0, 0.1) is 25.2 Å². The van der Waals surface area contributed by atoms with Crippen LogP contribution in [0.15, 0.2) is 77.5 Å². The normalized spacial score (nSPS) is 18.0. The van der Waals surface area contributed by atoms with Crippen molar-refractivity contribution in [3.8, 4) is 28.7 Å². The Balaban J connectivity index is 1.08. The number of nitrogens with zero attached hydrogens (tertiary/aromatic N) is 6. The van der Waals surface area contributed by atoms with Crippen molar-refractivity contribution in [3.05, 3.63) is 101 Å². The number of aliphatic hydroxyl groups excluding tert-OH is 1. The van der Waals surface area contributed by atoms with Gasteiger partial charge < -0.3 is 19.9 Å². The van der Waals surface area contributed by atoms with E-state index >= 15 is 0 Å². The van der Waals surface area contributed by atoms with Crippen molar-refractivity contribution in [1.29, 1.82) is 5.26 Å². The zero-order valence-corrected chi connectivity index (χ0v) is 29.1. The van der Waals surface area contributed by atoms with Gasteiger partial charge in [-0.25, -0.2) is 9.97 Å². The Kier molecular flexibility index (Phi) is 8.89. The third-order valence-electron chi connectivity index (χ3n) is 10.5. The van der Waals surface area contributed by atoms with Gasteiger partial charge in [-0.05, 0) is 109 Å². The summed E-state index contributed by atoms with van der Waals surface area (Å²) in [6, 6.07) is 21.7. The van der Waals surface area contributed by atoms with E-state index < -0.39 is 12.0 Å². The summed E-state index contributed by atoms with van der Waals surface area (Å²) in [4.78, 5) is 30.2. The molecule has 0 spiro atoms. The highest BCUT2D eigenvalue weighted by molar-refractivity contribution is 5.91. The molecular formula is C41H39N7O4. The molecule has 2 fully saturated rings. The summed E-state index contributed by atoms with van der Waals surface area (Å²) in [5.74, 6) is 0.279. The number of aliphatic carboxylic acids is 1. The zero-order valence-electron chi connectivity index (χ0n) is 29.1. The molecule has 3 aromatic carbocycles. The maximum absolute atomic E-state index is 11.8. The third-order valence-corrected chi connectivity index (χ3v) is 10.5. The van der Waals surface area contributed by atoms with Gasteiger partial charge >= 0.3 is 5.97 Å². The van der Waals surface area contributed by atoms with Crippen molar-refractivity contribution in [2.24, 2.45) is 0 Å². The van der Waals surface area contributed by atoms with E-state index in [1.807, 2.05) is 54.4 Å². The molecule has 0 radical (unpaired) electrons. The fourth-order valence-electron chi connectivity index (χ4n) is 7.76. The lowest BCUT2D eigenvalue weighted by Gasteiger charge is -2.20. The lowest BCUT2D eigenvalue weighted by atomic mass is 9.93. The quantitative estimate of drug-likeness (QED) is 0.144. The summed E-state index contributed by atoms with van der Waals surface area (Å²) < 4.78 is 6.27. The molecular weight excluding hydrogens is 654 g/mol. The van der Waals surface area contributed by atoms with Crippen LogP contribution in [0.3, 0.4) is 0 Å². The second-order valence-electron chi connectivity index (χ2n) is 13.9. The van der Waals surface area contributed by atoms with Crippen LogP contribution in [0.25, 0.3) is 44.6 Å². The molecule has 0 aliphatic carbocycles. The zero-order chi connectivity index (χ0) is 35.9. The Morgan fingerprint density at radius 2 is 1.79 bits per heavy atom. The number of benzene rings is 3. The van der Waals surface area contributed by atoms with E-state index in [1.54, 1.807) is 12.3 Å². The predicted molar refractivity (Wildman–Crippen MR) is 199 cm³/mol. The number of hydrogen-bond acceptors (Lipinski definition) is 10. The van der Waals surface area contributed by atoms with Gasteiger partial charge in [0.1, 0.15) is 23.1 Å². The molecule has 0 bridgehead atoms. The maximum atomic E-state index is 11.8. The van der Waals surface area contributed by atoms with Crippen LogP contribution in [0.5, 0.6) is 0 Å². The van der Waals surface area contributed by atoms with Gasteiger partial charge in [0.25, 0.3) is 0 Å². The summed E-state index contributed by atoms with van der Waals surface area (Å²) in [7, 11) is 0. The van der Waals surface area contributed by atoms with E-state index in [0.717, 1.165) is 81.5 Å². The van der Waals surface area contributed by atoms with Gasteiger partial charge in [-0.1, -0.05) is 24.3 Å². The van der Waals surface area contributed by atoms with E-state index in [9.17, 15) is 20.3 Å². The highest BCUT2D eigenvalue weighted by atomic mass is 16.4. The number of pyridine rings is 2. The van der Waals surface area contributed by atoms with Crippen LogP contribution >= 0.6 is 0 Å². The largest absolute Gasteiger partial charge is 0.480 e. The number of aliphatic hydroxyl groups is 1. The van der Waals surface area contributed by atoms with E-state index in [0.29, 0.717) is 54.4 Å². The number of hydrogen-bond donors (Lipinski definition) is 3. The second-order valence-corrected chi connectivity index (χ2v) is 13.9. The smallest absolute Gasteiger partial charge is 0.320 e. The van der Waals surface area contributed by atoms with Crippen LogP contribution in [-0.2, 0) is 17.9 Å². The summed E-state index contributed by atoms with van der Waals surface area (Å²) >= 11 is 0. The molecule has 5 heterocycles.